The van der Waals surface area contributed by atoms with Gasteiger partial charge < -0.3 is 14.8 Å². The highest BCUT2D eigenvalue weighted by molar-refractivity contribution is 9.10. The Morgan fingerprint density at radius 2 is 2.07 bits per heavy atom. The molecule has 0 saturated carbocycles. The maximum Gasteiger partial charge on any atom is 0.175 e. The molecule has 1 aromatic rings. The van der Waals surface area contributed by atoms with Crippen molar-refractivity contribution >= 4 is 15.9 Å². The van der Waals surface area contributed by atoms with Gasteiger partial charge in [-0.15, -0.1) is 0 Å². The predicted molar refractivity (Wildman–Crippen MR) is 60.5 cm³/mol. The lowest BCUT2D eigenvalue weighted by Gasteiger charge is -2.29. The Balaban J connectivity index is 2.00. The molecule has 0 aliphatic carbocycles. The van der Waals surface area contributed by atoms with Crippen LogP contribution in [0.15, 0.2) is 16.6 Å². The van der Waals surface area contributed by atoms with E-state index in [4.69, 9.17) is 9.47 Å². The first-order valence-electron chi connectivity index (χ1n) is 5.17. The molecular formula is C11H12BrNO2. The Bertz CT molecular complexity index is 390. The Morgan fingerprint density at radius 1 is 1.27 bits per heavy atom. The fourth-order valence-corrected chi connectivity index (χ4v) is 2.48. The number of nitrogens with one attached hydrogen (secondary N) is 1. The number of rotatable bonds is 1. The van der Waals surface area contributed by atoms with E-state index in [1.165, 1.54) is 12.0 Å². The summed E-state index contributed by atoms with van der Waals surface area (Å²) >= 11 is 3.52. The molecule has 1 fully saturated rings. The SMILES string of the molecule is Brc1cc(C2CCN2)cc2c1OCCO2. The van der Waals surface area contributed by atoms with Crippen LogP contribution in [0.5, 0.6) is 11.5 Å². The van der Waals surface area contributed by atoms with Crippen LogP contribution in [0, 0.1) is 0 Å². The second-order valence-electron chi connectivity index (χ2n) is 3.82. The summed E-state index contributed by atoms with van der Waals surface area (Å²) in [4.78, 5) is 0. The quantitative estimate of drug-likeness (QED) is 0.849. The van der Waals surface area contributed by atoms with Crippen molar-refractivity contribution in [2.24, 2.45) is 0 Å². The van der Waals surface area contributed by atoms with Gasteiger partial charge in [0, 0.05) is 6.04 Å². The van der Waals surface area contributed by atoms with Crippen LogP contribution in [0.1, 0.15) is 18.0 Å². The van der Waals surface area contributed by atoms with Gasteiger partial charge in [0.25, 0.3) is 0 Å². The largest absolute Gasteiger partial charge is 0.486 e. The lowest BCUT2D eigenvalue weighted by atomic mass is 9.97. The van der Waals surface area contributed by atoms with E-state index in [1.807, 2.05) is 0 Å². The van der Waals surface area contributed by atoms with Crippen molar-refractivity contribution in [3.63, 3.8) is 0 Å². The van der Waals surface area contributed by atoms with Crippen molar-refractivity contribution in [3.05, 3.63) is 22.2 Å². The van der Waals surface area contributed by atoms with Gasteiger partial charge in [0.2, 0.25) is 0 Å². The van der Waals surface area contributed by atoms with Crippen molar-refractivity contribution < 1.29 is 9.47 Å². The van der Waals surface area contributed by atoms with Crippen molar-refractivity contribution in [2.45, 2.75) is 12.5 Å². The van der Waals surface area contributed by atoms with Gasteiger partial charge in [-0.05, 0) is 46.6 Å². The van der Waals surface area contributed by atoms with Crippen LogP contribution in [0.4, 0.5) is 0 Å². The first kappa shape index (κ1) is 9.48. The Morgan fingerprint density at radius 3 is 2.80 bits per heavy atom. The summed E-state index contributed by atoms with van der Waals surface area (Å²) < 4.78 is 12.1. The molecular weight excluding hydrogens is 258 g/mol. The summed E-state index contributed by atoms with van der Waals surface area (Å²) in [6, 6.07) is 4.68. The molecule has 80 valence electrons. The van der Waals surface area contributed by atoms with E-state index < -0.39 is 0 Å². The fraction of sp³-hybridized carbons (Fsp3) is 0.455. The number of hydrogen-bond donors (Lipinski definition) is 1. The van der Waals surface area contributed by atoms with Gasteiger partial charge >= 0.3 is 0 Å². The molecule has 1 unspecified atom stereocenters. The third-order valence-corrected chi connectivity index (χ3v) is 3.43. The lowest BCUT2D eigenvalue weighted by molar-refractivity contribution is 0.170. The molecule has 15 heavy (non-hydrogen) atoms. The number of fused-ring (bicyclic) bond motifs is 1. The van der Waals surface area contributed by atoms with E-state index in [9.17, 15) is 0 Å². The van der Waals surface area contributed by atoms with Gasteiger partial charge in [0.1, 0.15) is 13.2 Å². The van der Waals surface area contributed by atoms with E-state index in [1.54, 1.807) is 0 Å². The first-order chi connectivity index (χ1) is 7.34. The van der Waals surface area contributed by atoms with Crippen LogP contribution in [-0.2, 0) is 0 Å². The zero-order valence-corrected chi connectivity index (χ0v) is 9.84. The molecule has 1 aromatic carbocycles. The summed E-state index contributed by atoms with van der Waals surface area (Å²) in [5.41, 5.74) is 1.28. The van der Waals surface area contributed by atoms with E-state index in [0.29, 0.717) is 19.3 Å². The molecule has 2 aliphatic rings. The second kappa shape index (κ2) is 3.68. The Hall–Kier alpha value is -0.740. The highest BCUT2D eigenvalue weighted by Crippen LogP contribution is 2.40. The Kier molecular flexibility index (Phi) is 2.33. The van der Waals surface area contributed by atoms with E-state index >= 15 is 0 Å². The smallest absolute Gasteiger partial charge is 0.175 e. The van der Waals surface area contributed by atoms with Crippen LogP contribution in [-0.4, -0.2) is 19.8 Å². The summed E-state index contributed by atoms with van der Waals surface area (Å²) in [5.74, 6) is 1.70. The van der Waals surface area contributed by atoms with E-state index in [-0.39, 0.29) is 0 Å². The number of halogens is 1. The van der Waals surface area contributed by atoms with Gasteiger partial charge in [-0.1, -0.05) is 0 Å². The van der Waals surface area contributed by atoms with Crippen LogP contribution >= 0.6 is 15.9 Å². The van der Waals surface area contributed by atoms with Crippen LogP contribution in [0.25, 0.3) is 0 Å². The Labute approximate surface area is 96.9 Å². The van der Waals surface area contributed by atoms with Gasteiger partial charge in [-0.2, -0.15) is 0 Å². The number of ether oxygens (including phenoxy) is 2. The van der Waals surface area contributed by atoms with Gasteiger partial charge in [-0.25, -0.2) is 0 Å². The highest BCUT2D eigenvalue weighted by Gasteiger charge is 2.23. The van der Waals surface area contributed by atoms with Gasteiger partial charge in [-0.3, -0.25) is 0 Å². The van der Waals surface area contributed by atoms with E-state index in [2.05, 4.69) is 33.4 Å². The minimum atomic E-state index is 0.483. The topological polar surface area (TPSA) is 30.5 Å². The first-order valence-corrected chi connectivity index (χ1v) is 5.96. The summed E-state index contributed by atoms with van der Waals surface area (Å²) in [6.45, 7) is 2.38. The predicted octanol–water partition coefficient (Wildman–Crippen LogP) is 2.25. The zero-order valence-electron chi connectivity index (χ0n) is 8.25. The molecule has 0 radical (unpaired) electrons. The molecule has 4 heteroatoms. The maximum atomic E-state index is 5.58. The zero-order chi connectivity index (χ0) is 10.3. The molecule has 0 spiro atoms. The lowest BCUT2D eigenvalue weighted by Crippen LogP contribution is -2.35. The third kappa shape index (κ3) is 1.62. The molecule has 3 nitrogen and oxygen atoms in total. The summed E-state index contributed by atoms with van der Waals surface area (Å²) in [6.07, 6.45) is 1.20. The van der Waals surface area contributed by atoms with E-state index in [0.717, 1.165) is 22.5 Å². The van der Waals surface area contributed by atoms with Gasteiger partial charge in [0.05, 0.1) is 4.47 Å². The number of benzene rings is 1. The van der Waals surface area contributed by atoms with Crippen LogP contribution in [0.3, 0.4) is 0 Å². The molecule has 3 rings (SSSR count). The van der Waals surface area contributed by atoms with Crippen molar-refractivity contribution in [3.8, 4) is 11.5 Å². The average molecular weight is 270 g/mol. The summed E-state index contributed by atoms with van der Waals surface area (Å²) in [5, 5.41) is 3.38. The molecule has 0 aromatic heterocycles. The maximum absolute atomic E-state index is 5.58. The number of hydrogen-bond acceptors (Lipinski definition) is 3. The van der Waals surface area contributed by atoms with Crippen molar-refractivity contribution in [1.29, 1.82) is 0 Å². The van der Waals surface area contributed by atoms with Crippen molar-refractivity contribution in [1.82, 2.24) is 5.32 Å². The van der Waals surface area contributed by atoms with Gasteiger partial charge in [0.15, 0.2) is 11.5 Å². The monoisotopic (exact) mass is 269 g/mol. The standard InChI is InChI=1S/C11H12BrNO2/c12-8-5-7(9-1-2-13-9)6-10-11(8)15-4-3-14-10/h5-6,9,13H,1-4H2. The molecule has 1 atom stereocenters. The molecule has 1 N–H and O–H groups in total. The molecule has 2 heterocycles. The molecule has 0 bridgehead atoms. The highest BCUT2D eigenvalue weighted by atomic mass is 79.9. The third-order valence-electron chi connectivity index (χ3n) is 2.85. The molecule has 0 amide bonds. The van der Waals surface area contributed by atoms with Crippen LogP contribution < -0.4 is 14.8 Å². The minimum Gasteiger partial charge on any atom is -0.486 e. The fourth-order valence-electron chi connectivity index (χ4n) is 1.91. The van der Waals surface area contributed by atoms with Crippen molar-refractivity contribution in [2.75, 3.05) is 19.8 Å². The second-order valence-corrected chi connectivity index (χ2v) is 4.68. The average Bonchev–Trinajstić information content (AvgIpc) is 2.15. The molecule has 2 aliphatic heterocycles. The normalized spacial score (nSPS) is 23.4. The summed E-state index contributed by atoms with van der Waals surface area (Å²) in [7, 11) is 0. The minimum absolute atomic E-state index is 0.483. The van der Waals surface area contributed by atoms with Crippen LogP contribution in [0.2, 0.25) is 0 Å². The molecule has 1 saturated heterocycles.